The SMILES string of the molecule is Cc1cc(Br)cc(CCN)c1OCCCc1ccccc1. The molecule has 0 radical (unpaired) electrons. The zero-order valence-corrected chi connectivity index (χ0v) is 14.0. The van der Waals surface area contributed by atoms with Gasteiger partial charge in [0.25, 0.3) is 0 Å². The Kier molecular flexibility index (Phi) is 6.27. The lowest BCUT2D eigenvalue weighted by Gasteiger charge is -2.14. The maximum absolute atomic E-state index is 6.02. The highest BCUT2D eigenvalue weighted by Crippen LogP contribution is 2.28. The quantitative estimate of drug-likeness (QED) is 0.759. The summed E-state index contributed by atoms with van der Waals surface area (Å²) in [5, 5.41) is 0. The monoisotopic (exact) mass is 347 g/mol. The Morgan fingerprint density at radius 1 is 1.10 bits per heavy atom. The van der Waals surface area contributed by atoms with Crippen molar-refractivity contribution in [1.82, 2.24) is 0 Å². The van der Waals surface area contributed by atoms with E-state index in [2.05, 4.69) is 59.3 Å². The molecule has 0 spiro atoms. The molecular weight excluding hydrogens is 326 g/mol. The van der Waals surface area contributed by atoms with Crippen LogP contribution in [0.3, 0.4) is 0 Å². The molecule has 2 N–H and O–H groups in total. The van der Waals surface area contributed by atoms with E-state index in [4.69, 9.17) is 10.5 Å². The second-order valence-electron chi connectivity index (χ2n) is 5.19. The minimum atomic E-state index is 0.635. The highest BCUT2D eigenvalue weighted by Gasteiger charge is 2.08. The third-order valence-electron chi connectivity index (χ3n) is 3.43. The van der Waals surface area contributed by atoms with Crippen LogP contribution >= 0.6 is 15.9 Å². The molecule has 2 aromatic rings. The van der Waals surface area contributed by atoms with Crippen LogP contribution in [0.2, 0.25) is 0 Å². The molecule has 0 aliphatic heterocycles. The van der Waals surface area contributed by atoms with E-state index in [1.165, 1.54) is 11.1 Å². The fourth-order valence-electron chi connectivity index (χ4n) is 2.44. The average Bonchev–Trinajstić information content (AvgIpc) is 2.47. The number of nitrogens with two attached hydrogens (primary N) is 1. The molecule has 2 aromatic carbocycles. The summed E-state index contributed by atoms with van der Waals surface area (Å²) in [5.74, 6) is 0.997. The Hall–Kier alpha value is -1.32. The Bertz CT molecular complexity index is 569. The first kappa shape index (κ1) is 16.1. The molecule has 0 aromatic heterocycles. The van der Waals surface area contributed by atoms with Crippen molar-refractivity contribution >= 4 is 15.9 Å². The van der Waals surface area contributed by atoms with E-state index in [9.17, 15) is 0 Å². The van der Waals surface area contributed by atoms with Crippen LogP contribution in [0.1, 0.15) is 23.1 Å². The van der Waals surface area contributed by atoms with E-state index < -0.39 is 0 Å². The number of halogens is 1. The Morgan fingerprint density at radius 2 is 1.86 bits per heavy atom. The number of hydrogen-bond donors (Lipinski definition) is 1. The minimum Gasteiger partial charge on any atom is -0.493 e. The number of rotatable bonds is 7. The van der Waals surface area contributed by atoms with E-state index in [0.717, 1.165) is 41.7 Å². The summed E-state index contributed by atoms with van der Waals surface area (Å²) in [6.45, 7) is 3.45. The Labute approximate surface area is 135 Å². The molecule has 0 heterocycles. The molecule has 0 fully saturated rings. The molecule has 0 atom stereocenters. The predicted molar refractivity (Wildman–Crippen MR) is 91.9 cm³/mol. The average molecular weight is 348 g/mol. The van der Waals surface area contributed by atoms with Crippen molar-refractivity contribution in [3.05, 3.63) is 63.6 Å². The first-order valence-electron chi connectivity index (χ1n) is 7.36. The van der Waals surface area contributed by atoms with E-state index in [0.29, 0.717) is 6.54 Å². The first-order chi connectivity index (χ1) is 10.2. The van der Waals surface area contributed by atoms with Crippen molar-refractivity contribution in [3.63, 3.8) is 0 Å². The lowest BCUT2D eigenvalue weighted by atomic mass is 10.1. The maximum Gasteiger partial charge on any atom is 0.125 e. The molecule has 112 valence electrons. The van der Waals surface area contributed by atoms with Gasteiger partial charge < -0.3 is 10.5 Å². The van der Waals surface area contributed by atoms with Crippen LogP contribution < -0.4 is 10.5 Å². The Balaban J connectivity index is 1.93. The van der Waals surface area contributed by atoms with Crippen LogP contribution in [0.25, 0.3) is 0 Å². The normalized spacial score (nSPS) is 10.6. The fourth-order valence-corrected chi connectivity index (χ4v) is 3.06. The molecule has 21 heavy (non-hydrogen) atoms. The standard InChI is InChI=1S/C18H22BrNO/c1-14-12-17(19)13-16(9-10-20)18(14)21-11-5-8-15-6-3-2-4-7-15/h2-4,6-7,12-13H,5,8-11,20H2,1H3. The molecule has 2 rings (SSSR count). The molecule has 0 saturated carbocycles. The first-order valence-corrected chi connectivity index (χ1v) is 8.16. The molecule has 0 unspecified atom stereocenters. The van der Waals surface area contributed by atoms with Gasteiger partial charge in [-0.1, -0.05) is 46.3 Å². The van der Waals surface area contributed by atoms with Crippen molar-refractivity contribution in [2.45, 2.75) is 26.2 Å². The molecule has 0 aliphatic carbocycles. The summed E-state index contributed by atoms with van der Waals surface area (Å²) < 4.78 is 7.10. The number of benzene rings is 2. The van der Waals surface area contributed by atoms with Crippen LogP contribution in [0.4, 0.5) is 0 Å². The summed E-state index contributed by atoms with van der Waals surface area (Å²) in [5.41, 5.74) is 9.39. The van der Waals surface area contributed by atoms with Gasteiger partial charge in [0.15, 0.2) is 0 Å². The molecule has 0 bridgehead atoms. The Morgan fingerprint density at radius 3 is 2.57 bits per heavy atom. The number of hydrogen-bond acceptors (Lipinski definition) is 2. The van der Waals surface area contributed by atoms with Gasteiger partial charge in [0, 0.05) is 4.47 Å². The molecule has 0 amide bonds. The van der Waals surface area contributed by atoms with Gasteiger partial charge in [-0.3, -0.25) is 0 Å². The van der Waals surface area contributed by atoms with Crippen LogP contribution in [0.15, 0.2) is 46.9 Å². The van der Waals surface area contributed by atoms with Crippen molar-refractivity contribution in [1.29, 1.82) is 0 Å². The second kappa shape index (κ2) is 8.20. The third-order valence-corrected chi connectivity index (χ3v) is 3.89. The van der Waals surface area contributed by atoms with Crippen molar-refractivity contribution < 1.29 is 4.74 Å². The zero-order chi connectivity index (χ0) is 15.1. The molecular formula is C18H22BrNO. The fraction of sp³-hybridized carbons (Fsp3) is 0.333. The summed E-state index contributed by atoms with van der Waals surface area (Å²) in [7, 11) is 0. The van der Waals surface area contributed by atoms with Gasteiger partial charge in [-0.15, -0.1) is 0 Å². The van der Waals surface area contributed by atoms with Gasteiger partial charge >= 0.3 is 0 Å². The van der Waals surface area contributed by atoms with Gasteiger partial charge in [-0.2, -0.15) is 0 Å². The zero-order valence-electron chi connectivity index (χ0n) is 12.4. The highest BCUT2D eigenvalue weighted by atomic mass is 79.9. The molecule has 3 heteroatoms. The van der Waals surface area contributed by atoms with Crippen LogP contribution in [0, 0.1) is 6.92 Å². The van der Waals surface area contributed by atoms with Gasteiger partial charge in [0.05, 0.1) is 6.61 Å². The van der Waals surface area contributed by atoms with Gasteiger partial charge in [0.1, 0.15) is 5.75 Å². The van der Waals surface area contributed by atoms with Gasteiger partial charge in [0.2, 0.25) is 0 Å². The summed E-state index contributed by atoms with van der Waals surface area (Å²) in [6.07, 6.45) is 2.90. The van der Waals surface area contributed by atoms with Crippen molar-refractivity contribution in [2.75, 3.05) is 13.2 Å². The van der Waals surface area contributed by atoms with Crippen molar-refractivity contribution in [3.8, 4) is 5.75 Å². The molecule has 0 saturated heterocycles. The largest absolute Gasteiger partial charge is 0.493 e. The summed E-state index contributed by atoms with van der Waals surface area (Å²) in [6, 6.07) is 14.7. The smallest absolute Gasteiger partial charge is 0.125 e. The summed E-state index contributed by atoms with van der Waals surface area (Å²) >= 11 is 3.53. The van der Waals surface area contributed by atoms with Crippen LogP contribution in [-0.2, 0) is 12.8 Å². The van der Waals surface area contributed by atoms with E-state index in [1.54, 1.807) is 0 Å². The highest BCUT2D eigenvalue weighted by molar-refractivity contribution is 9.10. The molecule has 2 nitrogen and oxygen atoms in total. The van der Waals surface area contributed by atoms with E-state index >= 15 is 0 Å². The van der Waals surface area contributed by atoms with Crippen LogP contribution in [0.5, 0.6) is 5.75 Å². The second-order valence-corrected chi connectivity index (χ2v) is 6.10. The van der Waals surface area contributed by atoms with Crippen molar-refractivity contribution in [2.24, 2.45) is 5.73 Å². The van der Waals surface area contributed by atoms with E-state index in [-0.39, 0.29) is 0 Å². The number of ether oxygens (including phenoxy) is 1. The minimum absolute atomic E-state index is 0.635. The van der Waals surface area contributed by atoms with Crippen LogP contribution in [-0.4, -0.2) is 13.2 Å². The maximum atomic E-state index is 6.02. The third kappa shape index (κ3) is 4.87. The summed E-state index contributed by atoms with van der Waals surface area (Å²) in [4.78, 5) is 0. The number of aryl methyl sites for hydroxylation is 2. The van der Waals surface area contributed by atoms with Gasteiger partial charge in [-0.05, 0) is 61.6 Å². The molecule has 0 aliphatic rings. The lowest BCUT2D eigenvalue weighted by molar-refractivity contribution is 0.306. The van der Waals surface area contributed by atoms with Gasteiger partial charge in [-0.25, -0.2) is 0 Å². The predicted octanol–water partition coefficient (Wildman–Crippen LogP) is 4.27. The lowest BCUT2D eigenvalue weighted by Crippen LogP contribution is -2.08. The van der Waals surface area contributed by atoms with E-state index in [1.807, 2.05) is 6.07 Å². The topological polar surface area (TPSA) is 35.2 Å².